The maximum Gasteiger partial charge on any atom is 0.407 e. The van der Waals surface area contributed by atoms with Crippen LogP contribution in [-0.2, 0) is 4.74 Å². The predicted molar refractivity (Wildman–Crippen MR) is 86.0 cm³/mol. The van der Waals surface area contributed by atoms with E-state index in [-0.39, 0.29) is 44.0 Å². The Morgan fingerprint density at radius 2 is 1.96 bits per heavy atom. The van der Waals surface area contributed by atoms with E-state index in [9.17, 15) is 23.9 Å². The van der Waals surface area contributed by atoms with Crippen LogP contribution in [0.5, 0.6) is 5.75 Å². The van der Waals surface area contributed by atoms with Crippen molar-refractivity contribution in [2.24, 2.45) is 0 Å². The van der Waals surface area contributed by atoms with Crippen LogP contribution in [0.15, 0.2) is 18.2 Å². The Balaban J connectivity index is 1.99. The molecular weight excluding hydrogens is 351 g/mol. The molecule has 0 aromatic heterocycles. The first-order valence-electron chi connectivity index (χ1n) is 7.81. The van der Waals surface area contributed by atoms with E-state index in [1.54, 1.807) is 0 Å². The normalized spacial score (nSPS) is 16.9. The van der Waals surface area contributed by atoms with Gasteiger partial charge in [0.2, 0.25) is 0 Å². The first-order chi connectivity index (χ1) is 12.3. The van der Waals surface area contributed by atoms with Gasteiger partial charge in [0.15, 0.2) is 0 Å². The van der Waals surface area contributed by atoms with Gasteiger partial charge in [-0.25, -0.2) is 18.8 Å². The number of hydrogen-bond acceptors (Lipinski definition) is 5. The third-order valence-electron chi connectivity index (χ3n) is 4.06. The van der Waals surface area contributed by atoms with Crippen LogP contribution >= 0.6 is 0 Å². The van der Waals surface area contributed by atoms with E-state index < -0.39 is 30.0 Å². The molecule has 2 N–H and O–H groups in total. The number of ether oxygens (including phenoxy) is 2. The minimum Gasteiger partial charge on any atom is -0.493 e. The number of piperazine rings is 1. The molecule has 0 unspecified atom stereocenters. The molecule has 1 aliphatic heterocycles. The first kappa shape index (κ1) is 19.3. The van der Waals surface area contributed by atoms with Crippen molar-refractivity contribution in [1.82, 2.24) is 9.80 Å². The average Bonchev–Trinajstić information content (AvgIpc) is 2.62. The molecule has 0 saturated carbocycles. The number of esters is 1. The number of carboxylic acid groups (broad SMARTS) is 2. The van der Waals surface area contributed by atoms with Gasteiger partial charge in [0, 0.05) is 26.1 Å². The lowest BCUT2D eigenvalue weighted by Gasteiger charge is -2.38. The van der Waals surface area contributed by atoms with Crippen molar-refractivity contribution in [2.75, 3.05) is 33.4 Å². The molecular formula is C16H19FN2O7. The second-order valence-corrected chi connectivity index (χ2v) is 5.63. The number of amides is 2. The highest BCUT2D eigenvalue weighted by atomic mass is 19.1. The Hall–Kier alpha value is -3.04. The SMILES string of the molecule is COC(=O)c1cc(OCC[C@@H]2CN(C(=O)O)CCN2C(=O)O)ccc1F. The summed E-state index contributed by atoms with van der Waals surface area (Å²) in [6.45, 7) is 0.296. The Kier molecular flexibility index (Phi) is 6.21. The van der Waals surface area contributed by atoms with Crippen LogP contribution in [-0.4, -0.2) is 77.6 Å². The van der Waals surface area contributed by atoms with Gasteiger partial charge in [0.25, 0.3) is 0 Å². The van der Waals surface area contributed by atoms with Crippen LogP contribution in [0, 0.1) is 5.82 Å². The molecule has 0 bridgehead atoms. The number of hydrogen-bond donors (Lipinski definition) is 2. The summed E-state index contributed by atoms with van der Waals surface area (Å²) in [4.78, 5) is 36.2. The summed E-state index contributed by atoms with van der Waals surface area (Å²) < 4.78 is 23.5. The van der Waals surface area contributed by atoms with Crippen molar-refractivity contribution in [2.45, 2.75) is 12.5 Å². The van der Waals surface area contributed by atoms with E-state index >= 15 is 0 Å². The number of rotatable bonds is 5. The van der Waals surface area contributed by atoms with E-state index in [1.807, 2.05) is 0 Å². The molecule has 26 heavy (non-hydrogen) atoms. The lowest BCUT2D eigenvalue weighted by molar-refractivity contribution is 0.0560. The lowest BCUT2D eigenvalue weighted by Crippen LogP contribution is -2.56. The van der Waals surface area contributed by atoms with Crippen LogP contribution in [0.2, 0.25) is 0 Å². The molecule has 1 aromatic carbocycles. The summed E-state index contributed by atoms with van der Waals surface area (Å²) >= 11 is 0. The summed E-state index contributed by atoms with van der Waals surface area (Å²) in [5.41, 5.74) is -0.271. The fourth-order valence-corrected chi connectivity index (χ4v) is 2.70. The number of nitrogens with zero attached hydrogens (tertiary/aromatic N) is 2. The highest BCUT2D eigenvalue weighted by Crippen LogP contribution is 2.19. The largest absolute Gasteiger partial charge is 0.493 e. The standard InChI is InChI=1S/C16H19FN2O7/c1-25-14(20)12-8-11(2-3-13(12)17)26-7-4-10-9-18(15(21)22)5-6-19(10)16(23)24/h2-3,8,10H,4-7,9H2,1H3,(H,21,22)(H,23,24)/t10-/m1/s1. The maximum atomic E-state index is 13.6. The highest BCUT2D eigenvalue weighted by molar-refractivity contribution is 5.90. The van der Waals surface area contributed by atoms with E-state index in [2.05, 4.69) is 4.74 Å². The molecule has 1 aliphatic rings. The Bertz CT molecular complexity index is 697. The fourth-order valence-electron chi connectivity index (χ4n) is 2.70. The molecule has 1 saturated heterocycles. The minimum absolute atomic E-state index is 0.0435. The van der Waals surface area contributed by atoms with Gasteiger partial charge in [-0.05, 0) is 18.2 Å². The second kappa shape index (κ2) is 8.37. The van der Waals surface area contributed by atoms with Crippen LogP contribution in [0.1, 0.15) is 16.8 Å². The molecule has 10 heteroatoms. The molecule has 2 rings (SSSR count). The molecule has 1 fully saturated rings. The first-order valence-corrected chi connectivity index (χ1v) is 7.81. The molecule has 1 aromatic rings. The van der Waals surface area contributed by atoms with Gasteiger partial charge in [-0.1, -0.05) is 0 Å². The van der Waals surface area contributed by atoms with E-state index in [0.717, 1.165) is 18.1 Å². The average molecular weight is 370 g/mol. The van der Waals surface area contributed by atoms with Crippen LogP contribution in [0.3, 0.4) is 0 Å². The smallest absolute Gasteiger partial charge is 0.407 e. The summed E-state index contributed by atoms with van der Waals surface area (Å²) in [6, 6.07) is 3.04. The third kappa shape index (κ3) is 4.52. The van der Waals surface area contributed by atoms with Crippen molar-refractivity contribution in [3.8, 4) is 5.75 Å². The van der Waals surface area contributed by atoms with E-state index in [0.29, 0.717) is 0 Å². The van der Waals surface area contributed by atoms with Crippen LogP contribution < -0.4 is 4.74 Å². The minimum atomic E-state index is -1.13. The maximum absolute atomic E-state index is 13.6. The van der Waals surface area contributed by atoms with Crippen molar-refractivity contribution in [3.63, 3.8) is 0 Å². The summed E-state index contributed by atoms with van der Waals surface area (Å²) in [5, 5.41) is 18.3. The lowest BCUT2D eigenvalue weighted by atomic mass is 10.1. The van der Waals surface area contributed by atoms with Crippen molar-refractivity contribution in [1.29, 1.82) is 0 Å². The van der Waals surface area contributed by atoms with Crippen molar-refractivity contribution in [3.05, 3.63) is 29.6 Å². The molecule has 1 heterocycles. The fraction of sp³-hybridized carbons (Fsp3) is 0.438. The number of carbonyl (C=O) groups excluding carboxylic acids is 1. The summed E-state index contributed by atoms with van der Waals surface area (Å²) in [7, 11) is 1.13. The quantitative estimate of drug-likeness (QED) is 0.758. The summed E-state index contributed by atoms with van der Waals surface area (Å²) in [6.07, 6.45) is -2.00. The van der Waals surface area contributed by atoms with Gasteiger partial charge in [0.1, 0.15) is 11.6 Å². The Morgan fingerprint density at radius 1 is 1.23 bits per heavy atom. The molecule has 0 aliphatic carbocycles. The topological polar surface area (TPSA) is 117 Å². The third-order valence-corrected chi connectivity index (χ3v) is 4.06. The van der Waals surface area contributed by atoms with Gasteiger partial charge in [0.05, 0.1) is 25.3 Å². The molecule has 0 radical (unpaired) electrons. The predicted octanol–water partition coefficient (Wildman–Crippen LogP) is 1.72. The monoisotopic (exact) mass is 370 g/mol. The van der Waals surface area contributed by atoms with Crippen LogP contribution in [0.25, 0.3) is 0 Å². The number of halogens is 1. The van der Waals surface area contributed by atoms with Crippen molar-refractivity contribution < 1.29 is 38.5 Å². The molecule has 142 valence electrons. The number of methoxy groups -OCH3 is 1. The molecule has 2 amide bonds. The highest BCUT2D eigenvalue weighted by Gasteiger charge is 2.32. The van der Waals surface area contributed by atoms with E-state index in [4.69, 9.17) is 9.84 Å². The van der Waals surface area contributed by atoms with E-state index in [1.165, 1.54) is 17.0 Å². The van der Waals surface area contributed by atoms with Gasteiger partial charge in [-0.2, -0.15) is 0 Å². The van der Waals surface area contributed by atoms with Gasteiger partial charge >= 0.3 is 18.2 Å². The Morgan fingerprint density at radius 3 is 2.58 bits per heavy atom. The zero-order valence-electron chi connectivity index (χ0n) is 14.1. The second-order valence-electron chi connectivity index (χ2n) is 5.63. The summed E-state index contributed by atoms with van der Waals surface area (Å²) in [5.74, 6) is -1.36. The van der Waals surface area contributed by atoms with Gasteiger partial charge < -0.3 is 29.5 Å². The van der Waals surface area contributed by atoms with Crippen LogP contribution in [0.4, 0.5) is 14.0 Å². The van der Waals surface area contributed by atoms with Gasteiger partial charge in [-0.3, -0.25) is 0 Å². The molecule has 0 spiro atoms. The number of benzene rings is 1. The molecule has 1 atom stereocenters. The zero-order chi connectivity index (χ0) is 19.3. The van der Waals surface area contributed by atoms with Gasteiger partial charge in [-0.15, -0.1) is 0 Å². The zero-order valence-corrected chi connectivity index (χ0v) is 14.1. The Labute approximate surface area is 148 Å². The van der Waals surface area contributed by atoms with Crippen molar-refractivity contribution >= 4 is 18.2 Å². The number of carbonyl (C=O) groups is 3. The molecule has 9 nitrogen and oxygen atoms in total.